The van der Waals surface area contributed by atoms with Crippen LogP contribution in [0.25, 0.3) is 0 Å². The van der Waals surface area contributed by atoms with Crippen LogP contribution in [0.2, 0.25) is 5.02 Å². The van der Waals surface area contributed by atoms with E-state index in [1.807, 2.05) is 19.2 Å². The van der Waals surface area contributed by atoms with Crippen molar-refractivity contribution < 1.29 is 0 Å². The monoisotopic (exact) mass is 252 g/mol. The third-order valence-electron chi connectivity index (χ3n) is 3.65. The molecular weight excluding hydrogens is 232 g/mol. The Labute approximate surface area is 109 Å². The van der Waals surface area contributed by atoms with Gasteiger partial charge in [0.25, 0.3) is 0 Å². The molecule has 0 amide bonds. The summed E-state index contributed by atoms with van der Waals surface area (Å²) in [6.45, 7) is 2.39. The zero-order valence-corrected chi connectivity index (χ0v) is 11.4. The van der Waals surface area contributed by atoms with E-state index in [-0.39, 0.29) is 0 Å². The Hall–Kier alpha value is -0.570. The van der Waals surface area contributed by atoms with Crippen molar-refractivity contribution in [2.45, 2.75) is 18.9 Å². The van der Waals surface area contributed by atoms with Crippen molar-refractivity contribution in [3.63, 3.8) is 0 Å². The van der Waals surface area contributed by atoms with E-state index < -0.39 is 0 Å². The first-order valence-corrected chi connectivity index (χ1v) is 6.70. The number of halogens is 1. The lowest BCUT2D eigenvalue weighted by Gasteiger charge is -2.35. The van der Waals surface area contributed by atoms with E-state index in [1.165, 1.54) is 24.9 Å². The largest absolute Gasteiger partial charge is 0.313 e. The highest BCUT2D eigenvalue weighted by Crippen LogP contribution is 2.30. The maximum atomic E-state index is 6.08. The minimum absolute atomic E-state index is 0.413. The molecule has 1 heterocycles. The fourth-order valence-electron chi connectivity index (χ4n) is 2.85. The summed E-state index contributed by atoms with van der Waals surface area (Å²) in [6.07, 6.45) is 2.59. The van der Waals surface area contributed by atoms with Crippen LogP contribution in [-0.2, 0) is 0 Å². The number of benzene rings is 1. The average molecular weight is 253 g/mol. The molecule has 0 spiro atoms. The normalized spacial score (nSPS) is 23.6. The van der Waals surface area contributed by atoms with Crippen molar-refractivity contribution in [2.75, 3.05) is 27.2 Å². The first-order chi connectivity index (χ1) is 8.20. The molecule has 94 valence electrons. The summed E-state index contributed by atoms with van der Waals surface area (Å²) < 4.78 is 0. The third kappa shape index (κ3) is 3.21. The maximum absolute atomic E-state index is 6.08. The van der Waals surface area contributed by atoms with Crippen molar-refractivity contribution in [1.29, 1.82) is 0 Å². The van der Waals surface area contributed by atoms with Crippen LogP contribution in [-0.4, -0.2) is 32.1 Å². The first-order valence-electron chi connectivity index (χ1n) is 6.32. The summed E-state index contributed by atoms with van der Waals surface area (Å²) in [5.74, 6) is 0.678. The molecule has 0 bridgehead atoms. The van der Waals surface area contributed by atoms with Crippen LogP contribution in [0.15, 0.2) is 24.3 Å². The van der Waals surface area contributed by atoms with Crippen LogP contribution in [0.4, 0.5) is 0 Å². The number of hydrogen-bond donors (Lipinski definition) is 1. The Morgan fingerprint density at radius 2 is 2.29 bits per heavy atom. The van der Waals surface area contributed by atoms with Crippen molar-refractivity contribution in [2.24, 2.45) is 5.92 Å². The Kier molecular flexibility index (Phi) is 4.43. The summed E-state index contributed by atoms with van der Waals surface area (Å²) in [6, 6.07) is 8.63. The predicted molar refractivity (Wildman–Crippen MR) is 73.5 cm³/mol. The molecule has 3 heteroatoms. The van der Waals surface area contributed by atoms with Crippen LogP contribution in [0.5, 0.6) is 0 Å². The topological polar surface area (TPSA) is 15.3 Å². The van der Waals surface area contributed by atoms with E-state index in [9.17, 15) is 0 Å². The van der Waals surface area contributed by atoms with E-state index >= 15 is 0 Å². The Morgan fingerprint density at radius 3 is 2.94 bits per heavy atom. The second kappa shape index (κ2) is 5.85. The molecule has 0 aliphatic carbocycles. The lowest BCUT2D eigenvalue weighted by Crippen LogP contribution is -2.38. The Morgan fingerprint density at radius 1 is 1.47 bits per heavy atom. The second-order valence-electron chi connectivity index (χ2n) is 4.99. The molecule has 17 heavy (non-hydrogen) atoms. The molecule has 2 unspecified atom stereocenters. The van der Waals surface area contributed by atoms with Crippen molar-refractivity contribution >= 4 is 11.6 Å². The summed E-state index contributed by atoms with van der Waals surface area (Å²) in [5.41, 5.74) is 1.31. The summed E-state index contributed by atoms with van der Waals surface area (Å²) in [7, 11) is 4.25. The fourth-order valence-corrected chi connectivity index (χ4v) is 3.05. The number of nitrogens with zero attached hydrogens (tertiary/aromatic N) is 1. The highest BCUT2D eigenvalue weighted by atomic mass is 35.5. The molecule has 2 nitrogen and oxygen atoms in total. The molecule has 1 aliphatic heterocycles. The van der Waals surface area contributed by atoms with Crippen LogP contribution >= 0.6 is 11.6 Å². The number of piperidine rings is 1. The molecule has 1 aromatic carbocycles. The van der Waals surface area contributed by atoms with E-state index in [0.717, 1.165) is 11.6 Å². The Bertz CT molecular complexity index is 367. The van der Waals surface area contributed by atoms with Gasteiger partial charge in [0.05, 0.1) is 0 Å². The van der Waals surface area contributed by atoms with E-state index in [0.29, 0.717) is 12.0 Å². The van der Waals surface area contributed by atoms with Gasteiger partial charge in [-0.25, -0.2) is 0 Å². The van der Waals surface area contributed by atoms with E-state index in [2.05, 4.69) is 29.4 Å². The van der Waals surface area contributed by atoms with Gasteiger partial charge in [0.2, 0.25) is 0 Å². The molecule has 1 aromatic rings. The minimum atomic E-state index is 0.413. The highest BCUT2D eigenvalue weighted by Gasteiger charge is 2.25. The standard InChI is InChI=1S/C14H21ClN2/c1-16-14(11-5-3-7-13(15)9-11)12-6-4-8-17(2)10-12/h3,5,7,9,12,14,16H,4,6,8,10H2,1-2H3. The van der Waals surface area contributed by atoms with Crippen LogP contribution in [0, 0.1) is 5.92 Å². The molecule has 2 rings (SSSR count). The van der Waals surface area contributed by atoms with Crippen LogP contribution in [0.1, 0.15) is 24.4 Å². The summed E-state index contributed by atoms with van der Waals surface area (Å²) >= 11 is 6.08. The number of rotatable bonds is 3. The maximum Gasteiger partial charge on any atom is 0.0409 e. The molecule has 1 aliphatic rings. The lowest BCUT2D eigenvalue weighted by atomic mass is 9.87. The molecular formula is C14H21ClN2. The zero-order chi connectivity index (χ0) is 12.3. The smallest absolute Gasteiger partial charge is 0.0409 e. The molecule has 2 atom stereocenters. The van der Waals surface area contributed by atoms with Crippen molar-refractivity contribution in [3.8, 4) is 0 Å². The number of likely N-dealkylation sites (tertiary alicyclic amines) is 1. The quantitative estimate of drug-likeness (QED) is 0.890. The van der Waals surface area contributed by atoms with Gasteiger partial charge >= 0.3 is 0 Å². The predicted octanol–water partition coefficient (Wildman–Crippen LogP) is 2.94. The molecule has 1 N–H and O–H groups in total. The fraction of sp³-hybridized carbons (Fsp3) is 0.571. The molecule has 0 aromatic heterocycles. The molecule has 1 fully saturated rings. The third-order valence-corrected chi connectivity index (χ3v) is 3.89. The molecule has 0 radical (unpaired) electrons. The van der Waals surface area contributed by atoms with Gasteiger partial charge in [0, 0.05) is 17.6 Å². The van der Waals surface area contributed by atoms with Crippen molar-refractivity contribution in [1.82, 2.24) is 10.2 Å². The van der Waals surface area contributed by atoms with E-state index in [1.54, 1.807) is 0 Å². The SMILES string of the molecule is CNC(c1cccc(Cl)c1)C1CCCN(C)C1. The van der Waals surface area contributed by atoms with Gasteiger partial charge in [-0.2, -0.15) is 0 Å². The average Bonchev–Trinajstić information content (AvgIpc) is 2.30. The molecule has 0 saturated carbocycles. The highest BCUT2D eigenvalue weighted by molar-refractivity contribution is 6.30. The van der Waals surface area contributed by atoms with Crippen molar-refractivity contribution in [3.05, 3.63) is 34.9 Å². The number of nitrogens with one attached hydrogen (secondary N) is 1. The summed E-state index contributed by atoms with van der Waals surface area (Å²) in [4.78, 5) is 2.42. The van der Waals surface area contributed by atoms with Crippen LogP contribution < -0.4 is 5.32 Å². The minimum Gasteiger partial charge on any atom is -0.313 e. The van der Waals surface area contributed by atoms with Gasteiger partial charge in [-0.15, -0.1) is 0 Å². The van der Waals surface area contributed by atoms with Gasteiger partial charge in [-0.1, -0.05) is 23.7 Å². The van der Waals surface area contributed by atoms with Gasteiger partial charge in [0.1, 0.15) is 0 Å². The number of hydrogen-bond acceptors (Lipinski definition) is 2. The second-order valence-corrected chi connectivity index (χ2v) is 5.42. The van der Waals surface area contributed by atoms with E-state index in [4.69, 9.17) is 11.6 Å². The lowest BCUT2D eigenvalue weighted by molar-refractivity contribution is 0.177. The first kappa shape index (κ1) is 12.9. The van der Waals surface area contributed by atoms with Gasteiger partial charge in [-0.3, -0.25) is 0 Å². The zero-order valence-electron chi connectivity index (χ0n) is 10.6. The van der Waals surface area contributed by atoms with Gasteiger partial charge in [0.15, 0.2) is 0 Å². The molecule has 1 saturated heterocycles. The van der Waals surface area contributed by atoms with Gasteiger partial charge < -0.3 is 10.2 Å². The summed E-state index contributed by atoms with van der Waals surface area (Å²) in [5, 5.41) is 4.28. The van der Waals surface area contributed by atoms with Crippen LogP contribution in [0.3, 0.4) is 0 Å². The Balaban J connectivity index is 2.15. The van der Waals surface area contributed by atoms with Gasteiger partial charge in [-0.05, 0) is 57.1 Å².